The van der Waals surface area contributed by atoms with Crippen molar-refractivity contribution >= 4 is 11.8 Å². The number of piperidine rings is 1. The number of tetrazole rings is 1. The molecule has 142 valence electrons. The maximum Gasteiger partial charge on any atom is 0.260 e. The number of rotatable bonds is 4. The summed E-state index contributed by atoms with van der Waals surface area (Å²) in [5, 5.41) is 11.1. The Hall–Kier alpha value is -2.97. The van der Waals surface area contributed by atoms with Gasteiger partial charge >= 0.3 is 0 Å². The van der Waals surface area contributed by atoms with Gasteiger partial charge in [-0.1, -0.05) is 6.07 Å². The molecule has 1 unspecified atom stereocenters. The second-order valence-electron chi connectivity index (χ2n) is 7.22. The van der Waals surface area contributed by atoms with E-state index in [1.54, 1.807) is 21.9 Å². The van der Waals surface area contributed by atoms with E-state index in [1.807, 2.05) is 19.2 Å². The van der Waals surface area contributed by atoms with Gasteiger partial charge in [0.25, 0.3) is 5.91 Å². The van der Waals surface area contributed by atoms with E-state index < -0.39 is 5.41 Å². The summed E-state index contributed by atoms with van der Waals surface area (Å²) in [6.45, 7) is 1.84. The molecule has 1 atom stereocenters. The number of hydrogen-bond donors (Lipinski definition) is 0. The molecule has 0 radical (unpaired) electrons. The minimum Gasteiger partial charge on any atom is -0.484 e. The topological polar surface area (TPSA) is 93.4 Å². The molecule has 1 spiro atoms. The molecule has 27 heavy (non-hydrogen) atoms. The molecule has 2 amide bonds. The van der Waals surface area contributed by atoms with Gasteiger partial charge in [0.2, 0.25) is 5.91 Å². The zero-order chi connectivity index (χ0) is 18.9. The van der Waals surface area contributed by atoms with Crippen molar-refractivity contribution in [2.75, 3.05) is 33.3 Å². The zero-order valence-electron chi connectivity index (χ0n) is 15.2. The maximum atomic E-state index is 12.6. The van der Waals surface area contributed by atoms with E-state index >= 15 is 0 Å². The molecule has 2 aliphatic heterocycles. The molecule has 4 rings (SSSR count). The van der Waals surface area contributed by atoms with Gasteiger partial charge in [0.15, 0.2) is 6.61 Å². The molecule has 2 aliphatic rings. The molecule has 2 saturated heterocycles. The molecule has 1 aromatic carbocycles. The van der Waals surface area contributed by atoms with Gasteiger partial charge in [-0.15, -0.1) is 5.10 Å². The summed E-state index contributed by atoms with van der Waals surface area (Å²) in [4.78, 5) is 28.7. The van der Waals surface area contributed by atoms with Crippen molar-refractivity contribution in [3.63, 3.8) is 0 Å². The number of hydrogen-bond acceptors (Lipinski definition) is 6. The summed E-state index contributed by atoms with van der Waals surface area (Å²) < 4.78 is 7.19. The zero-order valence-corrected chi connectivity index (χ0v) is 15.2. The summed E-state index contributed by atoms with van der Waals surface area (Å²) in [6, 6.07) is 7.22. The molecule has 0 aliphatic carbocycles. The average Bonchev–Trinajstić information content (AvgIpc) is 3.35. The SMILES string of the molecule is CN1CCCC2(CCN(C(=O)COc3cccc(-n4cnnn4)c3)C2)C1=O. The predicted octanol–water partition coefficient (Wildman–Crippen LogP) is 0.512. The fraction of sp³-hybridized carbons (Fsp3) is 0.500. The Labute approximate surface area is 156 Å². The average molecular weight is 370 g/mol. The van der Waals surface area contributed by atoms with Crippen LogP contribution < -0.4 is 4.74 Å². The lowest BCUT2D eigenvalue weighted by Crippen LogP contribution is -2.48. The molecule has 3 heterocycles. The van der Waals surface area contributed by atoms with Gasteiger partial charge in [-0.05, 0) is 41.8 Å². The molecular formula is C18H22N6O3. The van der Waals surface area contributed by atoms with Crippen molar-refractivity contribution in [3.05, 3.63) is 30.6 Å². The Kier molecular flexibility index (Phi) is 4.51. The number of aromatic nitrogens is 4. The van der Waals surface area contributed by atoms with Crippen molar-refractivity contribution in [2.45, 2.75) is 19.3 Å². The van der Waals surface area contributed by atoms with Crippen LogP contribution in [0.3, 0.4) is 0 Å². The van der Waals surface area contributed by atoms with Crippen LogP contribution in [-0.4, -0.2) is 75.1 Å². The normalized spacial score (nSPS) is 22.5. The van der Waals surface area contributed by atoms with Crippen LogP contribution in [-0.2, 0) is 9.59 Å². The van der Waals surface area contributed by atoms with E-state index in [0.29, 0.717) is 18.8 Å². The minimum absolute atomic E-state index is 0.0564. The molecule has 2 aromatic rings. The first-order chi connectivity index (χ1) is 13.1. The first-order valence-corrected chi connectivity index (χ1v) is 9.07. The van der Waals surface area contributed by atoms with Gasteiger partial charge in [0.1, 0.15) is 12.1 Å². The van der Waals surface area contributed by atoms with Crippen LogP contribution in [0.1, 0.15) is 19.3 Å². The molecule has 2 fully saturated rings. The van der Waals surface area contributed by atoms with Crippen LogP contribution in [0.4, 0.5) is 0 Å². The number of nitrogens with zero attached hydrogens (tertiary/aromatic N) is 6. The number of ether oxygens (including phenoxy) is 1. The van der Waals surface area contributed by atoms with E-state index in [9.17, 15) is 9.59 Å². The van der Waals surface area contributed by atoms with Crippen molar-refractivity contribution in [3.8, 4) is 11.4 Å². The summed E-state index contributed by atoms with van der Waals surface area (Å²) in [7, 11) is 1.84. The second kappa shape index (κ2) is 6.98. The van der Waals surface area contributed by atoms with E-state index in [1.165, 1.54) is 11.0 Å². The van der Waals surface area contributed by atoms with Crippen LogP contribution in [0, 0.1) is 5.41 Å². The Balaban J connectivity index is 1.37. The van der Waals surface area contributed by atoms with Gasteiger partial charge in [0.05, 0.1) is 11.1 Å². The Morgan fingerprint density at radius 3 is 3.00 bits per heavy atom. The number of carbonyl (C=O) groups is 2. The third-order valence-corrected chi connectivity index (χ3v) is 5.45. The lowest BCUT2D eigenvalue weighted by molar-refractivity contribution is -0.144. The van der Waals surface area contributed by atoms with Gasteiger partial charge in [0, 0.05) is 32.7 Å². The fourth-order valence-electron chi connectivity index (χ4n) is 3.96. The van der Waals surface area contributed by atoms with Crippen LogP contribution in [0.25, 0.3) is 5.69 Å². The first-order valence-electron chi connectivity index (χ1n) is 9.07. The van der Waals surface area contributed by atoms with Gasteiger partial charge < -0.3 is 14.5 Å². The largest absolute Gasteiger partial charge is 0.484 e. The monoisotopic (exact) mass is 370 g/mol. The quantitative estimate of drug-likeness (QED) is 0.779. The Morgan fingerprint density at radius 2 is 2.19 bits per heavy atom. The molecule has 0 bridgehead atoms. The van der Waals surface area contributed by atoms with E-state index in [4.69, 9.17) is 4.74 Å². The standard InChI is InChI=1S/C18H22N6O3/c1-22-8-3-6-18(17(22)26)7-9-23(12-18)16(25)11-27-15-5-2-4-14(10-15)24-13-19-20-21-24/h2,4-5,10,13H,3,6-9,11-12H2,1H3. The second-order valence-corrected chi connectivity index (χ2v) is 7.22. The van der Waals surface area contributed by atoms with E-state index in [-0.39, 0.29) is 18.4 Å². The highest BCUT2D eigenvalue weighted by Crippen LogP contribution is 2.39. The highest BCUT2D eigenvalue weighted by atomic mass is 16.5. The summed E-state index contributed by atoms with van der Waals surface area (Å²) in [6.07, 6.45) is 4.07. The minimum atomic E-state index is -0.400. The van der Waals surface area contributed by atoms with Gasteiger partial charge in [-0.2, -0.15) is 0 Å². The van der Waals surface area contributed by atoms with Crippen molar-refractivity contribution in [1.29, 1.82) is 0 Å². The molecule has 9 heteroatoms. The molecule has 1 aromatic heterocycles. The summed E-state index contributed by atoms with van der Waals surface area (Å²) in [5.41, 5.74) is 0.351. The van der Waals surface area contributed by atoms with Crippen molar-refractivity contribution in [1.82, 2.24) is 30.0 Å². The number of benzene rings is 1. The Morgan fingerprint density at radius 1 is 1.30 bits per heavy atom. The number of amides is 2. The summed E-state index contributed by atoms with van der Waals surface area (Å²) in [5.74, 6) is 0.638. The maximum absolute atomic E-state index is 12.6. The van der Waals surface area contributed by atoms with Crippen LogP contribution in [0.15, 0.2) is 30.6 Å². The Bertz CT molecular complexity index is 839. The molecule has 0 N–H and O–H groups in total. The van der Waals surface area contributed by atoms with Gasteiger partial charge in [-0.25, -0.2) is 4.68 Å². The molecule has 0 saturated carbocycles. The lowest BCUT2D eigenvalue weighted by atomic mass is 9.78. The van der Waals surface area contributed by atoms with Crippen LogP contribution in [0.5, 0.6) is 5.75 Å². The smallest absolute Gasteiger partial charge is 0.260 e. The van der Waals surface area contributed by atoms with Crippen molar-refractivity contribution in [2.24, 2.45) is 5.41 Å². The molecular weight excluding hydrogens is 348 g/mol. The molecule has 9 nitrogen and oxygen atoms in total. The van der Waals surface area contributed by atoms with Crippen LogP contribution >= 0.6 is 0 Å². The number of likely N-dealkylation sites (tertiary alicyclic amines) is 2. The highest BCUT2D eigenvalue weighted by molar-refractivity contribution is 5.86. The first kappa shape index (κ1) is 17.4. The third-order valence-electron chi connectivity index (χ3n) is 5.45. The predicted molar refractivity (Wildman–Crippen MR) is 95.2 cm³/mol. The fourth-order valence-corrected chi connectivity index (χ4v) is 3.96. The third kappa shape index (κ3) is 3.36. The van der Waals surface area contributed by atoms with E-state index in [0.717, 1.165) is 31.5 Å². The summed E-state index contributed by atoms with van der Waals surface area (Å²) >= 11 is 0. The van der Waals surface area contributed by atoms with Gasteiger partial charge in [-0.3, -0.25) is 9.59 Å². The van der Waals surface area contributed by atoms with Crippen molar-refractivity contribution < 1.29 is 14.3 Å². The highest BCUT2D eigenvalue weighted by Gasteiger charge is 2.48. The number of carbonyl (C=O) groups excluding carboxylic acids is 2. The van der Waals surface area contributed by atoms with Crippen LogP contribution in [0.2, 0.25) is 0 Å². The van der Waals surface area contributed by atoms with E-state index in [2.05, 4.69) is 15.5 Å². The lowest BCUT2D eigenvalue weighted by Gasteiger charge is -2.37.